The van der Waals surface area contributed by atoms with Gasteiger partial charge in [0, 0.05) is 19.6 Å². The van der Waals surface area contributed by atoms with E-state index in [2.05, 4.69) is 22.0 Å². The van der Waals surface area contributed by atoms with Crippen molar-refractivity contribution in [2.24, 2.45) is 0 Å². The number of likely N-dealkylation sites (tertiary alicyclic amines) is 1. The summed E-state index contributed by atoms with van der Waals surface area (Å²) in [6.07, 6.45) is 0.849. The van der Waals surface area contributed by atoms with Gasteiger partial charge in [0.05, 0.1) is 28.5 Å². The third kappa shape index (κ3) is 3.69. The van der Waals surface area contributed by atoms with E-state index >= 15 is 0 Å². The molecule has 5 heteroatoms. The van der Waals surface area contributed by atoms with Gasteiger partial charge in [-0.2, -0.15) is 0 Å². The van der Waals surface area contributed by atoms with Crippen LogP contribution in [0.1, 0.15) is 23.4 Å². The summed E-state index contributed by atoms with van der Waals surface area (Å²) in [5, 5.41) is 0. The molecule has 1 saturated heterocycles. The molecule has 1 aromatic heterocycles. The van der Waals surface area contributed by atoms with E-state index in [9.17, 15) is 4.79 Å². The molecule has 0 radical (unpaired) electrons. The van der Waals surface area contributed by atoms with Crippen molar-refractivity contribution in [3.05, 3.63) is 71.5 Å². The summed E-state index contributed by atoms with van der Waals surface area (Å²) in [6.45, 7) is 4.09. The first-order chi connectivity index (χ1) is 13.1. The molecule has 1 unspecified atom stereocenters. The lowest BCUT2D eigenvalue weighted by Crippen LogP contribution is -2.39. The van der Waals surface area contributed by atoms with Gasteiger partial charge in [0.2, 0.25) is 5.91 Å². The van der Waals surface area contributed by atoms with Crippen LogP contribution in [0.3, 0.4) is 0 Å². The minimum atomic E-state index is -0.0959. The third-order valence-electron chi connectivity index (χ3n) is 5.26. The quantitative estimate of drug-likeness (QED) is 0.701. The van der Waals surface area contributed by atoms with E-state index in [-0.39, 0.29) is 11.9 Å². The number of para-hydroxylation sites is 2. The van der Waals surface area contributed by atoms with E-state index in [1.54, 1.807) is 0 Å². The van der Waals surface area contributed by atoms with E-state index < -0.39 is 0 Å². The minimum Gasteiger partial charge on any atom is -0.337 e. The van der Waals surface area contributed by atoms with Gasteiger partial charge in [0.1, 0.15) is 0 Å². The molecule has 2 aromatic carbocycles. The predicted octanol–water partition coefficient (Wildman–Crippen LogP) is 3.17. The Balaban J connectivity index is 1.46. The molecule has 2 heterocycles. The van der Waals surface area contributed by atoms with Gasteiger partial charge in [-0.25, -0.2) is 9.97 Å². The number of aromatic nitrogens is 2. The fraction of sp³-hybridized carbons (Fsp3) is 0.318. The first kappa shape index (κ1) is 17.6. The van der Waals surface area contributed by atoms with Crippen molar-refractivity contribution in [2.75, 3.05) is 13.6 Å². The molecule has 5 nitrogen and oxygen atoms in total. The summed E-state index contributed by atoms with van der Waals surface area (Å²) in [6, 6.07) is 18.0. The van der Waals surface area contributed by atoms with Crippen LogP contribution in [-0.2, 0) is 17.9 Å². The summed E-state index contributed by atoms with van der Waals surface area (Å²) < 4.78 is 0. The topological polar surface area (TPSA) is 49.3 Å². The van der Waals surface area contributed by atoms with Gasteiger partial charge in [-0.05, 0) is 38.1 Å². The van der Waals surface area contributed by atoms with E-state index in [4.69, 9.17) is 4.98 Å². The summed E-state index contributed by atoms with van der Waals surface area (Å²) in [7, 11) is 2.00. The first-order valence-corrected chi connectivity index (χ1v) is 9.37. The zero-order chi connectivity index (χ0) is 18.8. The van der Waals surface area contributed by atoms with Gasteiger partial charge in [0.15, 0.2) is 0 Å². The molecule has 0 N–H and O–H groups in total. The summed E-state index contributed by atoms with van der Waals surface area (Å²) in [4.78, 5) is 26.4. The second kappa shape index (κ2) is 7.45. The van der Waals surface area contributed by atoms with Crippen LogP contribution >= 0.6 is 0 Å². The lowest BCUT2D eigenvalue weighted by Gasteiger charge is -2.24. The lowest BCUT2D eigenvalue weighted by atomic mass is 10.2. The van der Waals surface area contributed by atoms with Gasteiger partial charge < -0.3 is 4.90 Å². The van der Waals surface area contributed by atoms with Crippen LogP contribution in [0.4, 0.5) is 0 Å². The normalized spacial score (nSPS) is 17.2. The Kier molecular flexibility index (Phi) is 4.86. The van der Waals surface area contributed by atoms with Crippen LogP contribution in [0.5, 0.6) is 0 Å². The molecule has 3 aromatic rings. The molecule has 0 saturated carbocycles. The van der Waals surface area contributed by atoms with Crippen molar-refractivity contribution < 1.29 is 4.79 Å². The van der Waals surface area contributed by atoms with Crippen molar-refractivity contribution >= 4 is 16.9 Å². The average molecular weight is 360 g/mol. The Morgan fingerprint density at radius 3 is 2.44 bits per heavy atom. The second-order valence-corrected chi connectivity index (χ2v) is 7.21. The summed E-state index contributed by atoms with van der Waals surface area (Å²) in [5.41, 5.74) is 4.84. The number of carbonyl (C=O) groups excluding carboxylic acids is 1. The largest absolute Gasteiger partial charge is 0.337 e. The van der Waals surface area contributed by atoms with Gasteiger partial charge in [-0.3, -0.25) is 9.69 Å². The van der Waals surface area contributed by atoms with Crippen LogP contribution < -0.4 is 0 Å². The van der Waals surface area contributed by atoms with Crippen LogP contribution in [0.2, 0.25) is 0 Å². The highest BCUT2D eigenvalue weighted by Gasteiger charge is 2.34. The second-order valence-electron chi connectivity index (χ2n) is 7.21. The van der Waals surface area contributed by atoms with Gasteiger partial charge in [-0.15, -0.1) is 0 Å². The Labute approximate surface area is 159 Å². The average Bonchev–Trinajstić information content (AvgIpc) is 3.04. The number of rotatable bonds is 5. The SMILES string of the molecule is Cc1nc2ccccc2nc1CN(C)C1CCN(Cc2ccccc2)C1=O. The van der Waals surface area contributed by atoms with Gasteiger partial charge in [-0.1, -0.05) is 42.5 Å². The number of amides is 1. The van der Waals surface area contributed by atoms with Crippen LogP contribution in [0.15, 0.2) is 54.6 Å². The minimum absolute atomic E-state index is 0.0959. The molecular weight excluding hydrogens is 336 g/mol. The molecule has 0 bridgehead atoms. The molecule has 4 rings (SSSR count). The predicted molar refractivity (Wildman–Crippen MR) is 106 cm³/mol. The van der Waals surface area contributed by atoms with Crippen molar-refractivity contribution in [3.63, 3.8) is 0 Å². The Hall–Kier alpha value is -2.79. The van der Waals surface area contributed by atoms with Crippen molar-refractivity contribution in [1.82, 2.24) is 19.8 Å². The molecule has 1 amide bonds. The van der Waals surface area contributed by atoms with Gasteiger partial charge >= 0.3 is 0 Å². The maximum atomic E-state index is 12.9. The van der Waals surface area contributed by atoms with Crippen LogP contribution in [-0.4, -0.2) is 45.3 Å². The number of hydrogen-bond acceptors (Lipinski definition) is 4. The van der Waals surface area contributed by atoms with Gasteiger partial charge in [0.25, 0.3) is 0 Å². The van der Waals surface area contributed by atoms with E-state index in [1.807, 2.05) is 61.3 Å². The van der Waals surface area contributed by atoms with Crippen molar-refractivity contribution in [1.29, 1.82) is 0 Å². The zero-order valence-corrected chi connectivity index (χ0v) is 15.8. The smallest absolute Gasteiger partial charge is 0.240 e. The standard InChI is InChI=1S/C22H24N4O/c1-16-20(24-19-11-7-6-10-18(19)23-16)15-25(2)21-12-13-26(22(21)27)14-17-8-4-3-5-9-17/h3-11,21H,12-15H2,1-2H3. The molecule has 1 aliphatic heterocycles. The molecule has 1 fully saturated rings. The van der Waals surface area contributed by atoms with Crippen LogP contribution in [0.25, 0.3) is 11.0 Å². The molecular formula is C22H24N4O. The lowest BCUT2D eigenvalue weighted by molar-refractivity contribution is -0.132. The summed E-state index contributed by atoms with van der Waals surface area (Å²) >= 11 is 0. The number of likely N-dealkylation sites (N-methyl/N-ethyl adjacent to an activating group) is 1. The van der Waals surface area contributed by atoms with E-state index in [0.29, 0.717) is 13.1 Å². The highest BCUT2D eigenvalue weighted by atomic mass is 16.2. The van der Waals surface area contributed by atoms with E-state index in [0.717, 1.165) is 35.4 Å². The zero-order valence-electron chi connectivity index (χ0n) is 15.8. The molecule has 0 spiro atoms. The Morgan fingerprint density at radius 2 is 1.70 bits per heavy atom. The highest BCUT2D eigenvalue weighted by Crippen LogP contribution is 2.21. The number of benzene rings is 2. The third-order valence-corrected chi connectivity index (χ3v) is 5.26. The molecule has 1 aliphatic rings. The first-order valence-electron chi connectivity index (χ1n) is 9.37. The molecule has 0 aliphatic carbocycles. The number of aryl methyl sites for hydroxylation is 1. The Morgan fingerprint density at radius 1 is 1.04 bits per heavy atom. The maximum absolute atomic E-state index is 12.9. The Bertz CT molecular complexity index is 957. The highest BCUT2D eigenvalue weighted by molar-refractivity contribution is 5.84. The fourth-order valence-electron chi connectivity index (χ4n) is 3.71. The number of hydrogen-bond donors (Lipinski definition) is 0. The van der Waals surface area contributed by atoms with Crippen LogP contribution in [0, 0.1) is 6.92 Å². The number of nitrogens with zero attached hydrogens (tertiary/aromatic N) is 4. The monoisotopic (exact) mass is 360 g/mol. The number of carbonyl (C=O) groups is 1. The molecule has 138 valence electrons. The van der Waals surface area contributed by atoms with Crippen molar-refractivity contribution in [2.45, 2.75) is 32.5 Å². The molecule has 27 heavy (non-hydrogen) atoms. The number of fused-ring (bicyclic) bond motifs is 1. The maximum Gasteiger partial charge on any atom is 0.240 e. The fourth-order valence-corrected chi connectivity index (χ4v) is 3.71. The van der Waals surface area contributed by atoms with Crippen molar-refractivity contribution in [3.8, 4) is 0 Å². The van der Waals surface area contributed by atoms with E-state index in [1.165, 1.54) is 5.56 Å². The molecule has 1 atom stereocenters. The summed E-state index contributed by atoms with van der Waals surface area (Å²) in [5.74, 6) is 0.202.